The van der Waals surface area contributed by atoms with E-state index in [2.05, 4.69) is 52.6 Å². The summed E-state index contributed by atoms with van der Waals surface area (Å²) in [5.41, 5.74) is 9.68. The monoisotopic (exact) mass is 523 g/mol. The van der Waals surface area contributed by atoms with Gasteiger partial charge < -0.3 is 16.1 Å². The number of hydrogen-bond donors (Lipinski definition) is 4. The Morgan fingerprint density at radius 1 is 1.15 bits per heavy atom. The number of nitrogens with zero attached hydrogens (tertiary/aromatic N) is 4. The number of hydrogen-bond acceptors (Lipinski definition) is 8. The molecule has 198 valence electrons. The summed E-state index contributed by atoms with van der Waals surface area (Å²) in [5, 5.41) is 29.5. The van der Waals surface area contributed by atoms with Gasteiger partial charge in [-0.05, 0) is 60.9 Å². The molecule has 39 heavy (non-hydrogen) atoms. The average molecular weight is 524 g/mol. The number of aromatic nitrogens is 1. The summed E-state index contributed by atoms with van der Waals surface area (Å²) in [4.78, 5) is 4.47. The third kappa shape index (κ3) is 4.82. The first kappa shape index (κ1) is 23.8. The first-order valence-corrected chi connectivity index (χ1v) is 13.3. The van der Waals surface area contributed by atoms with E-state index in [0.717, 1.165) is 32.1 Å². The van der Waals surface area contributed by atoms with Crippen LogP contribution in [-0.4, -0.2) is 22.1 Å². The third-order valence-electron chi connectivity index (χ3n) is 7.99. The lowest BCUT2D eigenvalue weighted by Crippen LogP contribution is -2.38. The first-order valence-electron chi connectivity index (χ1n) is 13.8. The lowest BCUT2D eigenvalue weighted by molar-refractivity contribution is 0.260. The molecule has 6 rings (SSSR count). The largest absolute Gasteiger partial charge is 0.380 e. The molecule has 2 heterocycles. The molecule has 1 aliphatic heterocycles. The molecule has 2 aliphatic carbocycles. The molecule has 1 aromatic heterocycles. The molecular formula is C30H31FN8. The van der Waals surface area contributed by atoms with Gasteiger partial charge in [-0.1, -0.05) is 32.4 Å². The fraction of sp³-hybridized carbons (Fsp3) is 0.367. The van der Waals surface area contributed by atoms with Gasteiger partial charge in [0.25, 0.3) is 0 Å². The highest BCUT2D eigenvalue weighted by atomic mass is 19.1. The van der Waals surface area contributed by atoms with Crippen molar-refractivity contribution in [3.8, 4) is 12.1 Å². The van der Waals surface area contributed by atoms with Crippen LogP contribution in [0.1, 0.15) is 70.0 Å². The van der Waals surface area contributed by atoms with Gasteiger partial charge in [0.2, 0.25) is 0 Å². The van der Waals surface area contributed by atoms with Crippen LogP contribution in [0.15, 0.2) is 54.5 Å². The van der Waals surface area contributed by atoms with E-state index in [1.165, 1.54) is 18.3 Å². The van der Waals surface area contributed by atoms with E-state index in [-0.39, 0.29) is 11.5 Å². The number of hydrazine groups is 2. The summed E-state index contributed by atoms with van der Waals surface area (Å²) in [6.45, 7) is 4.44. The van der Waals surface area contributed by atoms with Crippen LogP contribution in [0.25, 0.3) is 10.9 Å². The number of pyridine rings is 1. The number of anilines is 2. The van der Waals surface area contributed by atoms with Crippen LogP contribution < -0.4 is 21.6 Å². The van der Waals surface area contributed by atoms with Crippen LogP contribution in [0.3, 0.4) is 0 Å². The van der Waals surface area contributed by atoms with Crippen LogP contribution in [0, 0.1) is 33.9 Å². The van der Waals surface area contributed by atoms with Crippen molar-refractivity contribution < 1.29 is 5.76 Å². The Hall–Kier alpha value is -4.34. The minimum absolute atomic E-state index is 0.0518. The van der Waals surface area contributed by atoms with Crippen molar-refractivity contribution in [3.63, 3.8) is 0 Å². The van der Waals surface area contributed by atoms with Gasteiger partial charge in [-0.3, -0.25) is 9.99 Å². The molecule has 8 nitrogen and oxygen atoms in total. The Labute approximate surface area is 228 Å². The number of rotatable bonds is 7. The van der Waals surface area contributed by atoms with Crippen molar-refractivity contribution in [3.05, 3.63) is 77.0 Å². The highest BCUT2D eigenvalue weighted by molar-refractivity contribution is 5.99. The van der Waals surface area contributed by atoms with Crippen LogP contribution in [0.4, 0.5) is 15.8 Å². The molecule has 3 aliphatic rings. The zero-order valence-corrected chi connectivity index (χ0v) is 22.0. The highest BCUT2D eigenvalue weighted by Gasteiger charge is 2.35. The van der Waals surface area contributed by atoms with E-state index < -0.39 is 11.8 Å². The Balaban J connectivity index is 1.47. The quantitative estimate of drug-likeness (QED) is 0.317. The van der Waals surface area contributed by atoms with E-state index in [1.54, 1.807) is 18.2 Å². The van der Waals surface area contributed by atoms with Crippen molar-refractivity contribution >= 4 is 22.3 Å². The van der Waals surface area contributed by atoms with Gasteiger partial charge in [-0.25, -0.2) is 4.39 Å². The molecule has 2 aromatic carbocycles. The van der Waals surface area contributed by atoms with Gasteiger partial charge in [0, 0.05) is 35.6 Å². The number of benzene rings is 2. The maximum Gasteiger partial charge on any atom is 0.123 e. The molecule has 4 N–H and O–H groups in total. The smallest absolute Gasteiger partial charge is 0.123 e. The van der Waals surface area contributed by atoms with Crippen LogP contribution in [-0.2, 0) is 0 Å². The SMILES string of the molecule is [2H]C(Nc1cc(C#N)c2ncc(C#N)c(NC3CCCC3(C)C)c2c1)(C1=CN(C2CC2)NN1)c1ccc(F)cc1. The predicted octanol–water partition coefficient (Wildman–Crippen LogP) is 5.59. The molecular weight excluding hydrogens is 491 g/mol. The Bertz CT molecular complexity index is 1580. The number of nitriles is 2. The summed E-state index contributed by atoms with van der Waals surface area (Å²) in [6, 6.07) is 12.8. The van der Waals surface area contributed by atoms with Gasteiger partial charge >= 0.3 is 0 Å². The summed E-state index contributed by atoms with van der Waals surface area (Å²) in [6.07, 6.45) is 8.65. The molecule has 9 heteroatoms. The Morgan fingerprint density at radius 3 is 2.59 bits per heavy atom. The fourth-order valence-corrected chi connectivity index (χ4v) is 5.53. The molecule has 2 unspecified atom stereocenters. The second kappa shape index (κ2) is 9.76. The average Bonchev–Trinajstić information content (AvgIpc) is 3.57. The van der Waals surface area contributed by atoms with E-state index in [0.29, 0.717) is 50.7 Å². The number of fused-ring (bicyclic) bond motifs is 1. The van der Waals surface area contributed by atoms with E-state index in [4.69, 9.17) is 0 Å². The molecule has 2 atom stereocenters. The molecule has 2 saturated carbocycles. The van der Waals surface area contributed by atoms with Gasteiger partial charge in [-0.15, -0.1) is 5.53 Å². The van der Waals surface area contributed by atoms with Crippen LogP contribution in [0.5, 0.6) is 0 Å². The second-order valence-corrected chi connectivity index (χ2v) is 11.2. The fourth-order valence-electron chi connectivity index (χ4n) is 5.53. The molecule has 2 fully saturated rings. The topological polar surface area (TPSA) is 112 Å². The van der Waals surface area contributed by atoms with Crippen molar-refractivity contribution in [1.29, 1.82) is 10.5 Å². The minimum Gasteiger partial charge on any atom is -0.380 e. The Kier molecular flexibility index (Phi) is 5.94. The summed E-state index contributed by atoms with van der Waals surface area (Å²) in [5.74, 6) is -0.393. The van der Waals surface area contributed by atoms with Crippen molar-refractivity contribution in [1.82, 2.24) is 21.0 Å². The summed E-state index contributed by atoms with van der Waals surface area (Å²) < 4.78 is 23.5. The highest BCUT2D eigenvalue weighted by Crippen LogP contribution is 2.41. The van der Waals surface area contributed by atoms with Crippen molar-refractivity contribution in [2.24, 2.45) is 5.41 Å². The number of halogens is 1. The molecule has 0 spiro atoms. The standard InChI is InChI=1S/C30H31FN8/c1-30(2)11-3-4-26(30)36-28-20(15-33)16-34-27-19(14-32)12-22(13-24(27)28)35-29(18-5-7-21(31)8-6-18)25-17-39(38-37-25)23-9-10-23/h5-8,12-13,16-17,23,26,29,35,37-38H,3-4,9-11H2,1-2H3,(H,34,36)/i29D. The maximum absolute atomic E-state index is 13.9. The lowest BCUT2D eigenvalue weighted by atomic mass is 9.87. The molecule has 3 aromatic rings. The molecule has 0 bridgehead atoms. The second-order valence-electron chi connectivity index (χ2n) is 11.2. The minimum atomic E-state index is -1.55. The molecule has 0 amide bonds. The lowest BCUT2D eigenvalue weighted by Gasteiger charge is -2.29. The van der Waals surface area contributed by atoms with E-state index in [1.807, 2.05) is 17.3 Å². The zero-order valence-electron chi connectivity index (χ0n) is 23.0. The van der Waals surface area contributed by atoms with Crippen LogP contribution in [0.2, 0.25) is 0 Å². The Morgan fingerprint density at radius 2 is 1.92 bits per heavy atom. The normalized spacial score (nSPS) is 21.8. The predicted molar refractivity (Wildman–Crippen MR) is 148 cm³/mol. The maximum atomic E-state index is 13.9. The summed E-state index contributed by atoms with van der Waals surface area (Å²) in [7, 11) is 0. The van der Waals surface area contributed by atoms with Gasteiger partial charge in [-0.2, -0.15) is 10.5 Å². The van der Waals surface area contributed by atoms with Crippen LogP contribution >= 0.6 is 0 Å². The molecule has 0 radical (unpaired) electrons. The first-order chi connectivity index (χ1) is 19.2. The van der Waals surface area contributed by atoms with Gasteiger partial charge in [0.1, 0.15) is 18.0 Å². The van der Waals surface area contributed by atoms with E-state index in [9.17, 15) is 16.3 Å². The third-order valence-corrected chi connectivity index (χ3v) is 7.99. The van der Waals surface area contributed by atoms with Gasteiger partial charge in [0.05, 0.1) is 35.4 Å². The molecule has 0 saturated heterocycles. The van der Waals surface area contributed by atoms with Gasteiger partial charge in [0.15, 0.2) is 0 Å². The van der Waals surface area contributed by atoms with Crippen molar-refractivity contribution in [2.45, 2.75) is 64.1 Å². The van der Waals surface area contributed by atoms with Crippen molar-refractivity contribution in [2.75, 3.05) is 10.6 Å². The summed E-state index contributed by atoms with van der Waals surface area (Å²) >= 11 is 0. The number of nitrogens with one attached hydrogen (secondary N) is 4. The zero-order chi connectivity index (χ0) is 28.1. The van der Waals surface area contributed by atoms with E-state index >= 15 is 0 Å².